The largest absolute Gasteiger partial charge is 0.507 e. The van der Waals surface area contributed by atoms with Crippen LogP contribution in [0.5, 0.6) is 11.5 Å². The molecule has 0 fully saturated rings. The lowest BCUT2D eigenvalue weighted by Crippen LogP contribution is -2.29. The maximum Gasteiger partial charge on any atom is 0.286 e. The highest BCUT2D eigenvalue weighted by molar-refractivity contribution is 6.02. The minimum absolute atomic E-state index is 0.257. The number of aryl methyl sites for hydroxylation is 2. The number of hydrogen-bond acceptors (Lipinski definition) is 6. The van der Waals surface area contributed by atoms with Crippen LogP contribution in [0.3, 0.4) is 0 Å². The number of phenols is 2. The third-order valence-electron chi connectivity index (χ3n) is 8.44. The van der Waals surface area contributed by atoms with E-state index in [1.165, 1.54) is 12.4 Å². The van der Waals surface area contributed by atoms with Crippen LogP contribution in [-0.4, -0.2) is 43.3 Å². The van der Waals surface area contributed by atoms with Crippen molar-refractivity contribution in [1.29, 1.82) is 0 Å². The van der Waals surface area contributed by atoms with Crippen molar-refractivity contribution >= 4 is 35.5 Å². The average Bonchev–Trinajstić information content (AvgIpc) is 3.65. The Morgan fingerprint density at radius 2 is 1.02 bits per heavy atom. The maximum atomic E-state index is 12.7. The highest BCUT2D eigenvalue weighted by atomic mass is 16.3. The van der Waals surface area contributed by atoms with Crippen LogP contribution in [0, 0.1) is 0 Å². The number of fused-ring (bicyclic) bond motifs is 2. The van der Waals surface area contributed by atoms with Crippen LogP contribution >= 0.6 is 0 Å². The molecule has 0 saturated heterocycles. The molecule has 0 aliphatic rings. The van der Waals surface area contributed by atoms with Crippen molar-refractivity contribution in [2.45, 2.75) is 0 Å². The molecule has 12 heteroatoms. The Kier molecular flexibility index (Phi) is 8.32. The molecule has 0 atom stereocenters. The fraction of sp³-hybridized carbons (Fsp3) is 0.0526. The van der Waals surface area contributed by atoms with Crippen LogP contribution in [0.25, 0.3) is 33.8 Å². The molecule has 0 spiro atoms. The highest BCUT2D eigenvalue weighted by Gasteiger charge is 2.20. The Hall–Kier alpha value is -7.08. The molecule has 0 radical (unpaired) electrons. The van der Waals surface area contributed by atoms with Gasteiger partial charge >= 0.3 is 0 Å². The highest BCUT2D eigenvalue weighted by Crippen LogP contribution is 2.27. The van der Waals surface area contributed by atoms with Gasteiger partial charge in [-0.1, -0.05) is 36.4 Å². The number of pyridine rings is 2. The summed E-state index contributed by atoms with van der Waals surface area (Å²) in [5.41, 5.74) is 11.8. The van der Waals surface area contributed by atoms with E-state index in [-0.39, 0.29) is 11.1 Å². The fourth-order valence-corrected chi connectivity index (χ4v) is 5.77. The number of nitrogens with zero attached hydrogens (tertiary/aromatic N) is 6. The van der Waals surface area contributed by atoms with Crippen molar-refractivity contribution in [3.63, 3.8) is 0 Å². The molecule has 0 unspecified atom stereocenters. The molecule has 7 rings (SSSR count). The van der Waals surface area contributed by atoms with E-state index in [0.717, 1.165) is 57.1 Å². The van der Waals surface area contributed by atoms with Crippen LogP contribution in [0.2, 0.25) is 0 Å². The van der Waals surface area contributed by atoms with Gasteiger partial charge < -0.3 is 10.2 Å². The molecule has 7 aromatic rings. The minimum Gasteiger partial charge on any atom is -0.507 e. The number of imidazole rings is 2. The van der Waals surface area contributed by atoms with Gasteiger partial charge in [0.2, 0.25) is 0 Å². The molecule has 0 saturated carbocycles. The number of rotatable bonds is 8. The summed E-state index contributed by atoms with van der Waals surface area (Å²) in [5.74, 6) is -2.56. The summed E-state index contributed by atoms with van der Waals surface area (Å²) in [6.07, 6.45) is 11.0. The fourth-order valence-electron chi connectivity index (χ4n) is 5.77. The van der Waals surface area contributed by atoms with Crippen LogP contribution in [0.15, 0.2) is 132 Å². The second-order valence-electron chi connectivity index (χ2n) is 11.6. The predicted octanol–water partition coefficient (Wildman–Crippen LogP) is 4.11. The summed E-state index contributed by atoms with van der Waals surface area (Å²) < 4.78 is 8.29. The van der Waals surface area contributed by atoms with Gasteiger partial charge in [-0.25, -0.2) is 28.8 Å². The molecule has 0 bridgehead atoms. The Morgan fingerprint density at radius 1 is 0.620 bits per heavy atom. The Balaban J connectivity index is 0.956. The van der Waals surface area contributed by atoms with Crippen LogP contribution in [0.4, 0.5) is 0 Å². The number of nitrogens with one attached hydrogen (secondary N) is 2. The van der Waals surface area contributed by atoms with Gasteiger partial charge in [-0.05, 0) is 59.7 Å². The van der Waals surface area contributed by atoms with Crippen molar-refractivity contribution < 1.29 is 28.9 Å². The van der Waals surface area contributed by atoms with E-state index < -0.39 is 23.3 Å². The summed E-state index contributed by atoms with van der Waals surface area (Å²) in [6.45, 7) is 0. The zero-order valence-corrected chi connectivity index (χ0v) is 27.1. The first-order valence-electron chi connectivity index (χ1n) is 15.6. The summed E-state index contributed by atoms with van der Waals surface area (Å²) in [4.78, 5) is 25.5. The number of aromatic nitrogens is 4. The van der Waals surface area contributed by atoms with Gasteiger partial charge in [0.1, 0.15) is 23.9 Å². The van der Waals surface area contributed by atoms with Gasteiger partial charge in [-0.3, -0.25) is 9.59 Å². The van der Waals surface area contributed by atoms with Gasteiger partial charge in [-0.2, -0.15) is 10.2 Å². The molecule has 246 valence electrons. The van der Waals surface area contributed by atoms with Crippen molar-refractivity contribution in [3.8, 4) is 34.0 Å². The maximum absolute atomic E-state index is 12.7. The lowest BCUT2D eigenvalue weighted by atomic mass is 10.1. The first-order chi connectivity index (χ1) is 24.3. The number of benzene rings is 3. The van der Waals surface area contributed by atoms with Gasteiger partial charge in [-0.15, -0.1) is 0 Å². The smallest absolute Gasteiger partial charge is 0.286 e. The normalized spacial score (nSPS) is 11.6. The molecule has 4 N–H and O–H groups in total. The summed E-state index contributed by atoms with van der Waals surface area (Å²) in [7, 11) is 4.01. The number of phenolic OH excluding ortho intramolecular Hbond substituents is 2. The van der Waals surface area contributed by atoms with E-state index in [1.807, 2.05) is 120 Å². The van der Waals surface area contributed by atoms with Crippen molar-refractivity contribution in [3.05, 3.63) is 144 Å². The van der Waals surface area contributed by atoms with Crippen LogP contribution < -0.4 is 20.0 Å². The van der Waals surface area contributed by atoms with Crippen molar-refractivity contribution in [2.75, 3.05) is 0 Å². The van der Waals surface area contributed by atoms with Crippen LogP contribution in [-0.2, 0) is 14.1 Å². The average molecular weight is 665 g/mol. The number of carbonyl (C=O) groups is 2. The monoisotopic (exact) mass is 664 g/mol. The Labute approximate surface area is 286 Å². The van der Waals surface area contributed by atoms with E-state index in [0.29, 0.717) is 0 Å². The van der Waals surface area contributed by atoms with E-state index in [2.05, 4.69) is 42.6 Å². The number of aromatic hydroxyl groups is 2. The van der Waals surface area contributed by atoms with Gasteiger partial charge in [0, 0.05) is 23.3 Å². The molecular weight excluding hydrogens is 632 g/mol. The van der Waals surface area contributed by atoms with E-state index in [1.54, 1.807) is 0 Å². The molecule has 2 amide bonds. The van der Waals surface area contributed by atoms with E-state index in [4.69, 9.17) is 0 Å². The lowest BCUT2D eigenvalue weighted by molar-refractivity contribution is -0.633. The third kappa shape index (κ3) is 6.16. The van der Waals surface area contributed by atoms with E-state index in [9.17, 15) is 19.8 Å². The van der Waals surface area contributed by atoms with Crippen molar-refractivity contribution in [2.24, 2.45) is 24.3 Å². The first kappa shape index (κ1) is 31.5. The SMILES string of the molecule is C[n+]1c(-c2ccc(/C=N\NC(=O)c3cc(O)c(C(=O)N/N=C\c4ccc(-c5cn6ccccc6[n+]5C)cc4)cc3O)cc2)cn2ccccc21. The van der Waals surface area contributed by atoms with Crippen molar-refractivity contribution in [1.82, 2.24) is 19.7 Å². The second kappa shape index (κ2) is 13.2. The molecule has 4 aromatic heterocycles. The predicted molar refractivity (Wildman–Crippen MR) is 188 cm³/mol. The second-order valence-corrected chi connectivity index (χ2v) is 11.6. The quantitative estimate of drug-likeness (QED) is 0.0841. The number of hydrazone groups is 2. The summed E-state index contributed by atoms with van der Waals surface area (Å²) in [5, 5.41) is 29.0. The molecule has 50 heavy (non-hydrogen) atoms. The lowest BCUT2D eigenvalue weighted by Gasteiger charge is -2.08. The molecule has 3 aromatic carbocycles. The molecule has 0 aliphatic heterocycles. The zero-order valence-electron chi connectivity index (χ0n) is 27.1. The Morgan fingerprint density at radius 3 is 1.40 bits per heavy atom. The summed E-state index contributed by atoms with van der Waals surface area (Å²) in [6, 6.07) is 29.3. The number of carbonyl (C=O) groups excluding carboxylic acids is 2. The van der Waals surface area contributed by atoms with Gasteiger partial charge in [0.05, 0.1) is 50.0 Å². The van der Waals surface area contributed by atoms with Gasteiger partial charge in [0.15, 0.2) is 11.4 Å². The van der Waals surface area contributed by atoms with E-state index >= 15 is 0 Å². The topological polar surface area (TPSA) is 140 Å². The first-order valence-corrected chi connectivity index (χ1v) is 15.6. The molecule has 12 nitrogen and oxygen atoms in total. The molecule has 0 aliphatic carbocycles. The standard InChI is InChI=1S/C38H30N8O4/c1-43-31(23-45-17-5-3-7-35(43)45)27-13-9-25(10-14-27)21-39-41-37(49)29-19-34(48)30(20-33(29)47)38(50)42-40-22-26-11-15-28(16-12-26)32-24-46-18-6-4-8-36(46)44(32)2/h3-24H,1-2H3,(H2-2,41,42,47,48,49,50)/p+2/b39-21-,40-22-. The van der Waals surface area contributed by atoms with Crippen LogP contribution in [0.1, 0.15) is 31.8 Å². The number of amides is 2. The van der Waals surface area contributed by atoms with Gasteiger partial charge in [0.25, 0.3) is 23.1 Å². The zero-order chi connectivity index (χ0) is 34.8. The summed E-state index contributed by atoms with van der Waals surface area (Å²) >= 11 is 0. The minimum atomic E-state index is -0.770. The molecule has 4 heterocycles. The molecular formula is C38H32N8O4+2. The third-order valence-corrected chi connectivity index (χ3v) is 8.44. The Bertz CT molecular complexity index is 2290. The number of hydrogen-bond donors (Lipinski definition) is 4.